The summed E-state index contributed by atoms with van der Waals surface area (Å²) in [6, 6.07) is 18.9. The lowest BCUT2D eigenvalue weighted by molar-refractivity contribution is -0.385. The third-order valence-electron chi connectivity index (χ3n) is 5.91. The fourth-order valence-electron chi connectivity index (χ4n) is 4.07. The van der Waals surface area contributed by atoms with E-state index in [4.69, 9.17) is 0 Å². The summed E-state index contributed by atoms with van der Waals surface area (Å²) in [6.45, 7) is 3.26. The molecule has 1 aliphatic heterocycles. The van der Waals surface area contributed by atoms with Crippen LogP contribution in [0.2, 0.25) is 0 Å². The molecule has 0 aliphatic carbocycles. The van der Waals surface area contributed by atoms with Crippen LogP contribution in [0.25, 0.3) is 0 Å². The number of anilines is 1. The van der Waals surface area contributed by atoms with Crippen molar-refractivity contribution in [2.75, 3.05) is 17.8 Å². The lowest BCUT2D eigenvalue weighted by Crippen LogP contribution is -2.26. The number of sulfonamides is 1. The highest BCUT2D eigenvalue weighted by Crippen LogP contribution is 2.23. The maximum Gasteiger partial charge on any atom is 0.270 e. The van der Waals surface area contributed by atoms with Gasteiger partial charge < -0.3 is 5.32 Å². The minimum atomic E-state index is -4.15. The van der Waals surface area contributed by atoms with Gasteiger partial charge in [0.05, 0.1) is 21.1 Å². The first-order valence-electron chi connectivity index (χ1n) is 11.3. The van der Waals surface area contributed by atoms with Gasteiger partial charge in [0.2, 0.25) is 0 Å². The number of hydrogen-bond donors (Lipinski definition) is 2. The second-order valence-electron chi connectivity index (χ2n) is 8.34. The molecule has 1 amide bonds. The third kappa shape index (κ3) is 6.03. The molecule has 1 aliphatic rings. The molecule has 1 fully saturated rings. The quantitative estimate of drug-likeness (QED) is 0.343. The van der Waals surface area contributed by atoms with E-state index in [1.54, 1.807) is 12.1 Å². The Balaban J connectivity index is 1.49. The number of carbonyl (C=O) groups excluding carboxylic acids is 1. The molecule has 3 aromatic carbocycles. The minimum Gasteiger partial charge on any atom is -0.348 e. The standard InChI is InChI=1S/C25H26N4O5S/c30-25(26-17-19-8-1-2-9-20(19)18-28-14-5-6-15-28)23-12-3-4-13-24(23)27-35(33,34)22-11-7-10-21(16-22)29(31)32/h1-4,7-13,16,27H,5-6,14-15,17-18H2,(H,26,30). The van der Waals surface area contributed by atoms with Crippen molar-refractivity contribution in [1.29, 1.82) is 0 Å². The Bertz CT molecular complexity index is 1340. The number of para-hydroxylation sites is 1. The van der Waals surface area contributed by atoms with Gasteiger partial charge in [0.15, 0.2) is 0 Å². The number of nitro benzene ring substituents is 1. The van der Waals surface area contributed by atoms with Gasteiger partial charge in [-0.2, -0.15) is 0 Å². The third-order valence-corrected chi connectivity index (χ3v) is 7.27. The Hall–Kier alpha value is -3.76. The van der Waals surface area contributed by atoms with E-state index in [1.165, 1.54) is 43.2 Å². The van der Waals surface area contributed by atoms with Crippen molar-refractivity contribution in [1.82, 2.24) is 10.2 Å². The molecule has 1 heterocycles. The molecule has 1 saturated heterocycles. The van der Waals surface area contributed by atoms with Crippen LogP contribution in [0, 0.1) is 10.1 Å². The summed E-state index contributed by atoms with van der Waals surface area (Å²) in [5.74, 6) is -0.432. The fraction of sp³-hybridized carbons (Fsp3) is 0.240. The second-order valence-corrected chi connectivity index (χ2v) is 10.0. The van der Waals surface area contributed by atoms with Crippen molar-refractivity contribution in [3.8, 4) is 0 Å². The van der Waals surface area contributed by atoms with E-state index in [0.717, 1.165) is 36.8 Å². The van der Waals surface area contributed by atoms with Crippen LogP contribution in [0.1, 0.15) is 34.3 Å². The van der Waals surface area contributed by atoms with Crippen molar-refractivity contribution >= 4 is 27.3 Å². The van der Waals surface area contributed by atoms with Crippen LogP contribution >= 0.6 is 0 Å². The number of likely N-dealkylation sites (tertiary alicyclic amines) is 1. The summed E-state index contributed by atoms with van der Waals surface area (Å²) in [5.41, 5.74) is 2.05. The average molecular weight is 495 g/mol. The highest BCUT2D eigenvalue weighted by Gasteiger charge is 2.21. The van der Waals surface area contributed by atoms with Crippen LogP contribution in [0.5, 0.6) is 0 Å². The molecular weight excluding hydrogens is 468 g/mol. The SMILES string of the molecule is O=C(NCc1ccccc1CN1CCCC1)c1ccccc1NS(=O)(=O)c1cccc([N+](=O)[O-])c1. The molecule has 9 nitrogen and oxygen atoms in total. The van der Waals surface area contributed by atoms with E-state index >= 15 is 0 Å². The molecular formula is C25H26N4O5S. The van der Waals surface area contributed by atoms with E-state index in [9.17, 15) is 23.3 Å². The topological polar surface area (TPSA) is 122 Å². The zero-order valence-corrected chi connectivity index (χ0v) is 19.8. The molecule has 0 unspecified atom stereocenters. The molecule has 10 heteroatoms. The summed E-state index contributed by atoms with van der Waals surface area (Å²) in [6.07, 6.45) is 2.39. The maximum atomic E-state index is 13.0. The number of hydrogen-bond acceptors (Lipinski definition) is 6. The van der Waals surface area contributed by atoms with E-state index in [2.05, 4.69) is 21.0 Å². The number of benzene rings is 3. The molecule has 182 valence electrons. The fourth-order valence-corrected chi connectivity index (χ4v) is 5.19. The summed E-state index contributed by atoms with van der Waals surface area (Å²) in [4.78, 5) is 25.5. The van der Waals surface area contributed by atoms with Crippen LogP contribution in [0.3, 0.4) is 0 Å². The predicted molar refractivity (Wildman–Crippen MR) is 132 cm³/mol. The van der Waals surface area contributed by atoms with E-state index < -0.39 is 20.9 Å². The van der Waals surface area contributed by atoms with Gasteiger partial charge in [0.25, 0.3) is 21.6 Å². The highest BCUT2D eigenvalue weighted by molar-refractivity contribution is 7.92. The Morgan fingerprint density at radius 2 is 1.63 bits per heavy atom. The molecule has 0 saturated carbocycles. The lowest BCUT2D eigenvalue weighted by atomic mass is 10.1. The van der Waals surface area contributed by atoms with Crippen LogP contribution in [0.4, 0.5) is 11.4 Å². The van der Waals surface area contributed by atoms with Crippen molar-refractivity contribution < 1.29 is 18.1 Å². The number of nitrogens with zero attached hydrogens (tertiary/aromatic N) is 2. The van der Waals surface area contributed by atoms with Crippen LogP contribution in [0.15, 0.2) is 77.7 Å². The molecule has 0 bridgehead atoms. The Morgan fingerprint density at radius 1 is 0.943 bits per heavy atom. The Labute approximate surface area is 204 Å². The molecule has 2 N–H and O–H groups in total. The molecule has 35 heavy (non-hydrogen) atoms. The molecule has 0 spiro atoms. The minimum absolute atomic E-state index is 0.0851. The molecule has 0 aromatic heterocycles. The lowest BCUT2D eigenvalue weighted by Gasteiger charge is -2.18. The normalized spacial score (nSPS) is 13.9. The van der Waals surface area contributed by atoms with Gasteiger partial charge in [0, 0.05) is 25.2 Å². The molecule has 0 radical (unpaired) electrons. The van der Waals surface area contributed by atoms with Gasteiger partial charge in [0.1, 0.15) is 0 Å². The number of non-ortho nitro benzene ring substituents is 1. The maximum absolute atomic E-state index is 13.0. The van der Waals surface area contributed by atoms with E-state index in [-0.39, 0.29) is 21.8 Å². The van der Waals surface area contributed by atoms with Gasteiger partial charge in [-0.15, -0.1) is 0 Å². The number of nitrogens with one attached hydrogen (secondary N) is 2. The van der Waals surface area contributed by atoms with Crippen molar-refractivity contribution in [2.24, 2.45) is 0 Å². The first kappa shape index (κ1) is 24.4. The molecule has 3 aromatic rings. The van der Waals surface area contributed by atoms with Crippen LogP contribution in [-0.4, -0.2) is 37.2 Å². The van der Waals surface area contributed by atoms with Crippen molar-refractivity contribution in [3.05, 3.63) is 99.6 Å². The smallest absolute Gasteiger partial charge is 0.270 e. The monoisotopic (exact) mass is 494 g/mol. The zero-order chi connectivity index (χ0) is 24.8. The number of nitro groups is 1. The van der Waals surface area contributed by atoms with Gasteiger partial charge in [-0.05, 0) is 55.3 Å². The summed E-state index contributed by atoms with van der Waals surface area (Å²) in [5, 5.41) is 13.9. The summed E-state index contributed by atoms with van der Waals surface area (Å²) in [7, 11) is -4.15. The van der Waals surface area contributed by atoms with Crippen molar-refractivity contribution in [2.45, 2.75) is 30.8 Å². The van der Waals surface area contributed by atoms with Crippen molar-refractivity contribution in [3.63, 3.8) is 0 Å². The largest absolute Gasteiger partial charge is 0.348 e. The summed E-state index contributed by atoms with van der Waals surface area (Å²) >= 11 is 0. The zero-order valence-electron chi connectivity index (χ0n) is 19.0. The van der Waals surface area contributed by atoms with Gasteiger partial charge in [-0.1, -0.05) is 42.5 Å². The average Bonchev–Trinajstić information content (AvgIpc) is 3.36. The number of carbonyl (C=O) groups is 1. The molecule has 4 rings (SSSR count). The second kappa shape index (κ2) is 10.7. The summed E-state index contributed by atoms with van der Waals surface area (Å²) < 4.78 is 28.1. The van der Waals surface area contributed by atoms with Gasteiger partial charge >= 0.3 is 0 Å². The predicted octanol–water partition coefficient (Wildman–Crippen LogP) is 3.92. The number of rotatable bonds is 9. The van der Waals surface area contributed by atoms with E-state index in [0.29, 0.717) is 6.54 Å². The van der Waals surface area contributed by atoms with Gasteiger partial charge in [-0.25, -0.2) is 8.42 Å². The highest BCUT2D eigenvalue weighted by atomic mass is 32.2. The first-order valence-corrected chi connectivity index (χ1v) is 12.8. The van der Waals surface area contributed by atoms with Crippen LogP contribution < -0.4 is 10.0 Å². The number of amides is 1. The van der Waals surface area contributed by atoms with Gasteiger partial charge in [-0.3, -0.25) is 24.5 Å². The van der Waals surface area contributed by atoms with Crippen LogP contribution in [-0.2, 0) is 23.1 Å². The van der Waals surface area contributed by atoms with E-state index in [1.807, 2.05) is 18.2 Å². The first-order chi connectivity index (χ1) is 16.8. The molecule has 0 atom stereocenters. The Morgan fingerprint density at radius 3 is 2.37 bits per heavy atom. The Kier molecular flexibility index (Phi) is 7.42.